The van der Waals surface area contributed by atoms with Crippen molar-refractivity contribution in [2.75, 3.05) is 31.1 Å². The highest BCUT2D eigenvalue weighted by Crippen LogP contribution is 2.23. The number of hydrogen-bond acceptors (Lipinski definition) is 6. The van der Waals surface area contributed by atoms with Crippen LogP contribution in [0.5, 0.6) is 0 Å². The van der Waals surface area contributed by atoms with E-state index < -0.39 is 10.0 Å². The molecule has 1 saturated heterocycles. The maximum atomic E-state index is 12.9. The molecule has 2 aromatic rings. The van der Waals surface area contributed by atoms with Crippen LogP contribution in [0.3, 0.4) is 0 Å². The molecule has 1 aliphatic heterocycles. The van der Waals surface area contributed by atoms with E-state index in [1.807, 2.05) is 37.8 Å². The molecule has 3 rings (SSSR count). The van der Waals surface area contributed by atoms with Crippen LogP contribution < -0.4 is 4.90 Å². The topological polar surface area (TPSA) is 79.5 Å². The molecule has 0 radical (unpaired) electrons. The predicted molar refractivity (Wildman–Crippen MR) is 90.6 cm³/mol. The van der Waals surface area contributed by atoms with E-state index in [4.69, 9.17) is 4.42 Å². The van der Waals surface area contributed by atoms with Gasteiger partial charge in [0.1, 0.15) is 0 Å². The van der Waals surface area contributed by atoms with Crippen LogP contribution in [-0.2, 0) is 16.4 Å². The highest BCUT2D eigenvalue weighted by Gasteiger charge is 2.31. The summed E-state index contributed by atoms with van der Waals surface area (Å²) in [5.41, 5.74) is 1.71. The number of benzene rings is 1. The van der Waals surface area contributed by atoms with E-state index in [2.05, 4.69) is 10.2 Å². The summed E-state index contributed by atoms with van der Waals surface area (Å²) in [5.74, 6) is 0.593. The van der Waals surface area contributed by atoms with E-state index in [1.165, 1.54) is 4.31 Å². The maximum Gasteiger partial charge on any atom is 0.318 e. The van der Waals surface area contributed by atoms with Crippen molar-refractivity contribution in [3.05, 3.63) is 35.2 Å². The van der Waals surface area contributed by atoms with E-state index in [0.29, 0.717) is 49.4 Å². The Kier molecular flexibility index (Phi) is 4.60. The molecular weight excluding hydrogens is 328 g/mol. The third-order valence-electron chi connectivity index (χ3n) is 4.23. The third-order valence-corrected chi connectivity index (χ3v) is 6.27. The van der Waals surface area contributed by atoms with Crippen molar-refractivity contribution in [2.24, 2.45) is 0 Å². The van der Waals surface area contributed by atoms with Gasteiger partial charge in [-0.2, -0.15) is 4.31 Å². The second-order valence-corrected chi connectivity index (χ2v) is 7.90. The Hall–Kier alpha value is -1.93. The molecule has 1 aromatic carbocycles. The Morgan fingerprint density at radius 3 is 2.46 bits per heavy atom. The van der Waals surface area contributed by atoms with E-state index in [-0.39, 0.29) is 0 Å². The molecule has 1 aromatic heterocycles. The number of hydrogen-bond donors (Lipinski definition) is 0. The fraction of sp³-hybridized carbons (Fsp3) is 0.500. The Morgan fingerprint density at radius 2 is 1.83 bits per heavy atom. The van der Waals surface area contributed by atoms with Crippen LogP contribution in [0.15, 0.2) is 27.5 Å². The van der Waals surface area contributed by atoms with E-state index >= 15 is 0 Å². The minimum Gasteiger partial charge on any atom is -0.408 e. The minimum atomic E-state index is -3.48. The summed E-state index contributed by atoms with van der Waals surface area (Å²) >= 11 is 0. The molecule has 0 aliphatic carbocycles. The standard InChI is InChI=1S/C16H22N4O3S/c1-4-15-17-18-16(23-15)19-7-9-20(10-8-19)24(21,22)14-11-12(2)5-6-13(14)3/h5-6,11H,4,7-10H2,1-3H3. The Balaban J connectivity index is 1.75. The van der Waals surface area contributed by atoms with E-state index in [1.54, 1.807) is 6.07 Å². The summed E-state index contributed by atoms with van der Waals surface area (Å²) < 4.78 is 32.9. The molecule has 0 spiro atoms. The van der Waals surface area contributed by atoms with Crippen LogP contribution in [0.4, 0.5) is 6.01 Å². The van der Waals surface area contributed by atoms with Gasteiger partial charge in [0.2, 0.25) is 15.9 Å². The molecule has 0 N–H and O–H groups in total. The van der Waals surface area contributed by atoms with Crippen LogP contribution in [0.2, 0.25) is 0 Å². The van der Waals surface area contributed by atoms with Gasteiger partial charge in [-0.15, -0.1) is 5.10 Å². The Bertz CT molecular complexity index is 824. The van der Waals surface area contributed by atoms with Crippen molar-refractivity contribution < 1.29 is 12.8 Å². The zero-order valence-electron chi connectivity index (χ0n) is 14.2. The second-order valence-electron chi connectivity index (χ2n) is 5.99. The highest BCUT2D eigenvalue weighted by molar-refractivity contribution is 7.89. The minimum absolute atomic E-state index is 0.391. The number of anilines is 1. The monoisotopic (exact) mass is 350 g/mol. The van der Waals surface area contributed by atoms with Gasteiger partial charge in [0.25, 0.3) is 0 Å². The SMILES string of the molecule is CCc1nnc(N2CCN(S(=O)(=O)c3cc(C)ccc3C)CC2)o1. The molecule has 24 heavy (non-hydrogen) atoms. The van der Waals surface area contributed by atoms with Crippen molar-refractivity contribution in [3.8, 4) is 0 Å². The number of rotatable bonds is 4. The summed E-state index contributed by atoms with van der Waals surface area (Å²) in [5, 5.41) is 7.98. The molecule has 2 heterocycles. The molecular formula is C16H22N4O3S. The first-order valence-corrected chi connectivity index (χ1v) is 9.50. The van der Waals surface area contributed by atoms with Gasteiger partial charge in [0.15, 0.2) is 0 Å². The molecule has 0 bridgehead atoms. The maximum absolute atomic E-state index is 12.9. The van der Waals surface area contributed by atoms with Gasteiger partial charge in [-0.05, 0) is 31.0 Å². The highest BCUT2D eigenvalue weighted by atomic mass is 32.2. The lowest BCUT2D eigenvalue weighted by molar-refractivity contribution is 0.369. The predicted octanol–water partition coefficient (Wildman–Crippen LogP) is 1.76. The fourth-order valence-electron chi connectivity index (χ4n) is 2.76. The molecule has 7 nitrogen and oxygen atoms in total. The van der Waals surface area contributed by atoms with Crippen molar-refractivity contribution in [1.29, 1.82) is 0 Å². The van der Waals surface area contributed by atoms with E-state index in [9.17, 15) is 8.42 Å². The summed E-state index contributed by atoms with van der Waals surface area (Å²) in [4.78, 5) is 2.32. The van der Waals surface area contributed by atoms with Gasteiger partial charge < -0.3 is 9.32 Å². The average molecular weight is 350 g/mol. The Morgan fingerprint density at radius 1 is 1.12 bits per heavy atom. The number of aryl methyl sites for hydroxylation is 3. The summed E-state index contributed by atoms with van der Waals surface area (Å²) in [7, 11) is -3.48. The normalized spacial score (nSPS) is 16.5. The van der Waals surface area contributed by atoms with Crippen molar-refractivity contribution in [3.63, 3.8) is 0 Å². The van der Waals surface area contributed by atoms with Gasteiger partial charge in [-0.1, -0.05) is 24.2 Å². The van der Waals surface area contributed by atoms with Gasteiger partial charge in [-0.3, -0.25) is 0 Å². The molecule has 0 atom stereocenters. The van der Waals surface area contributed by atoms with Gasteiger partial charge in [0, 0.05) is 32.6 Å². The van der Waals surface area contributed by atoms with Crippen LogP contribution in [0.1, 0.15) is 23.9 Å². The number of nitrogens with zero attached hydrogens (tertiary/aromatic N) is 4. The summed E-state index contributed by atoms with van der Waals surface area (Å²) in [6.07, 6.45) is 0.688. The first-order chi connectivity index (χ1) is 11.4. The van der Waals surface area contributed by atoms with Crippen LogP contribution >= 0.6 is 0 Å². The van der Waals surface area contributed by atoms with Crippen molar-refractivity contribution >= 4 is 16.0 Å². The van der Waals surface area contributed by atoms with Gasteiger partial charge >= 0.3 is 6.01 Å². The second kappa shape index (κ2) is 6.52. The lowest BCUT2D eigenvalue weighted by Gasteiger charge is -2.33. The van der Waals surface area contributed by atoms with Crippen molar-refractivity contribution in [2.45, 2.75) is 32.1 Å². The number of sulfonamides is 1. The first-order valence-electron chi connectivity index (χ1n) is 8.06. The summed E-state index contributed by atoms with van der Waals surface area (Å²) in [6.45, 7) is 7.56. The van der Waals surface area contributed by atoms with Gasteiger partial charge in [0.05, 0.1) is 4.90 Å². The number of aromatic nitrogens is 2. The fourth-order valence-corrected chi connectivity index (χ4v) is 4.49. The number of piperazine rings is 1. The molecule has 130 valence electrons. The molecule has 1 aliphatic rings. The van der Waals surface area contributed by atoms with Crippen molar-refractivity contribution in [1.82, 2.24) is 14.5 Å². The Labute approximate surface area is 142 Å². The average Bonchev–Trinajstić information content (AvgIpc) is 3.06. The lowest BCUT2D eigenvalue weighted by Crippen LogP contribution is -2.48. The van der Waals surface area contributed by atoms with Gasteiger partial charge in [-0.25, -0.2) is 8.42 Å². The largest absolute Gasteiger partial charge is 0.408 e. The molecule has 8 heteroatoms. The van der Waals surface area contributed by atoms with E-state index in [0.717, 1.165) is 11.1 Å². The third kappa shape index (κ3) is 3.16. The smallest absolute Gasteiger partial charge is 0.318 e. The zero-order chi connectivity index (χ0) is 17.3. The first kappa shape index (κ1) is 16.9. The van der Waals surface area contributed by atoms with Crippen LogP contribution in [-0.4, -0.2) is 49.1 Å². The van der Waals surface area contributed by atoms with Crippen LogP contribution in [0, 0.1) is 13.8 Å². The molecule has 0 amide bonds. The quantitative estimate of drug-likeness (QED) is 0.836. The van der Waals surface area contributed by atoms with Crippen LogP contribution in [0.25, 0.3) is 0 Å². The summed E-state index contributed by atoms with van der Waals surface area (Å²) in [6, 6.07) is 5.98. The molecule has 0 saturated carbocycles. The molecule has 0 unspecified atom stereocenters. The zero-order valence-corrected chi connectivity index (χ0v) is 15.0. The lowest BCUT2D eigenvalue weighted by atomic mass is 10.2. The molecule has 1 fully saturated rings.